The molecule has 6 aromatic rings. The third-order valence-electron chi connectivity index (χ3n) is 7.93. The van der Waals surface area contributed by atoms with Gasteiger partial charge >= 0.3 is 0 Å². The van der Waals surface area contributed by atoms with Crippen molar-refractivity contribution >= 4 is 21.8 Å². The lowest BCUT2D eigenvalue weighted by Gasteiger charge is -2.21. The van der Waals surface area contributed by atoms with Gasteiger partial charge in [-0.15, -0.1) is 0 Å². The smallest absolute Gasteiger partial charge is 0.0618 e. The van der Waals surface area contributed by atoms with Crippen LogP contribution in [0.5, 0.6) is 0 Å². The van der Waals surface area contributed by atoms with Crippen molar-refractivity contribution < 1.29 is 0 Å². The molecule has 0 aliphatic carbocycles. The fraction of sp³-hybridized carbons (Fsp3) is 0.211. The zero-order valence-electron chi connectivity index (χ0n) is 23.9. The largest absolute Gasteiger partial charge is 0.308 e. The minimum atomic E-state index is 0.0708. The molecule has 0 amide bonds. The van der Waals surface area contributed by atoms with E-state index < -0.39 is 0 Å². The summed E-state index contributed by atoms with van der Waals surface area (Å²) in [5, 5.41) is 2.62. The Bertz CT molecular complexity index is 1660. The van der Waals surface area contributed by atoms with Gasteiger partial charge in [-0.1, -0.05) is 133 Å². The summed E-state index contributed by atoms with van der Waals surface area (Å²) >= 11 is 0. The number of aromatic nitrogens is 1. The first-order valence-corrected chi connectivity index (χ1v) is 14.0. The van der Waals surface area contributed by atoms with E-state index in [9.17, 15) is 0 Å². The van der Waals surface area contributed by atoms with Crippen LogP contribution in [0.1, 0.15) is 52.7 Å². The lowest BCUT2D eigenvalue weighted by molar-refractivity contribution is 0.590. The van der Waals surface area contributed by atoms with E-state index in [2.05, 4.69) is 161 Å². The predicted molar refractivity (Wildman–Crippen MR) is 169 cm³/mol. The highest BCUT2D eigenvalue weighted by molar-refractivity contribution is 6.11. The maximum Gasteiger partial charge on any atom is 0.0618 e. The summed E-state index contributed by atoms with van der Waals surface area (Å²) in [6.45, 7) is 13.8. The first kappa shape index (κ1) is 25.2. The minimum Gasteiger partial charge on any atom is -0.308 e. The maximum absolute atomic E-state index is 2.51. The lowest BCUT2D eigenvalue weighted by Crippen LogP contribution is -2.10. The van der Waals surface area contributed by atoms with E-state index in [1.807, 2.05) is 0 Å². The van der Waals surface area contributed by atoms with Crippen molar-refractivity contribution in [3.63, 3.8) is 0 Å². The Balaban J connectivity index is 1.79. The molecule has 1 heteroatoms. The third-order valence-corrected chi connectivity index (χ3v) is 7.93. The predicted octanol–water partition coefficient (Wildman–Crippen LogP) is 10.7. The van der Waals surface area contributed by atoms with E-state index in [0.717, 1.165) is 0 Å². The fourth-order valence-electron chi connectivity index (χ4n) is 5.68. The molecule has 0 aliphatic heterocycles. The van der Waals surface area contributed by atoms with Crippen molar-refractivity contribution in [2.24, 2.45) is 0 Å². The Hall–Kier alpha value is -4.10. The first-order chi connectivity index (χ1) is 18.6. The fourth-order valence-corrected chi connectivity index (χ4v) is 5.68. The van der Waals surface area contributed by atoms with Crippen LogP contribution in [0.2, 0.25) is 0 Å². The summed E-state index contributed by atoms with van der Waals surface area (Å²) in [4.78, 5) is 0. The van der Waals surface area contributed by atoms with Crippen molar-refractivity contribution in [3.8, 4) is 27.9 Å². The van der Waals surface area contributed by atoms with Crippen molar-refractivity contribution in [1.82, 2.24) is 4.57 Å². The molecular formula is C38H37N. The third kappa shape index (κ3) is 4.46. The Labute approximate surface area is 232 Å². The standard InChI is InChI=1S/C38H37N/c1-37(2,3)28-20-22-34-32(24-28)33-25-29(38(4,5)6)21-23-35(33)39(34)36-30(26-14-9-7-10-15-26)18-13-19-31(36)27-16-11-8-12-17-27/h7-25H,1-6H3. The molecule has 1 aromatic heterocycles. The second kappa shape index (κ2) is 9.27. The summed E-state index contributed by atoms with van der Waals surface area (Å²) in [7, 11) is 0. The van der Waals surface area contributed by atoms with E-state index >= 15 is 0 Å². The van der Waals surface area contributed by atoms with Gasteiger partial charge in [0.05, 0.1) is 16.7 Å². The summed E-state index contributed by atoms with van der Waals surface area (Å²) in [5.41, 5.74) is 11.5. The van der Waals surface area contributed by atoms with Crippen LogP contribution in [0, 0.1) is 0 Å². The average molecular weight is 508 g/mol. The number of hydrogen-bond acceptors (Lipinski definition) is 0. The van der Waals surface area contributed by atoms with E-state index in [1.165, 1.54) is 60.9 Å². The van der Waals surface area contributed by atoms with Crippen LogP contribution < -0.4 is 0 Å². The molecule has 0 spiro atoms. The first-order valence-electron chi connectivity index (χ1n) is 14.0. The van der Waals surface area contributed by atoms with Gasteiger partial charge < -0.3 is 4.57 Å². The number of hydrogen-bond donors (Lipinski definition) is 0. The second-order valence-electron chi connectivity index (χ2n) is 12.7. The molecule has 0 fully saturated rings. The van der Waals surface area contributed by atoms with E-state index in [0.29, 0.717) is 0 Å². The van der Waals surface area contributed by atoms with Gasteiger partial charge in [0.25, 0.3) is 0 Å². The van der Waals surface area contributed by atoms with Gasteiger partial charge in [-0.3, -0.25) is 0 Å². The molecule has 0 radical (unpaired) electrons. The monoisotopic (exact) mass is 507 g/mol. The Morgan fingerprint density at radius 2 is 0.846 bits per heavy atom. The minimum absolute atomic E-state index is 0.0708. The van der Waals surface area contributed by atoms with Crippen molar-refractivity contribution in [3.05, 3.63) is 126 Å². The van der Waals surface area contributed by atoms with Crippen LogP contribution in [0.4, 0.5) is 0 Å². The molecule has 0 atom stereocenters. The lowest BCUT2D eigenvalue weighted by atomic mass is 9.85. The summed E-state index contributed by atoms with van der Waals surface area (Å²) in [5.74, 6) is 0. The van der Waals surface area contributed by atoms with E-state index in [-0.39, 0.29) is 10.8 Å². The Kier molecular flexibility index (Phi) is 5.99. The van der Waals surface area contributed by atoms with Gasteiger partial charge in [-0.05, 0) is 57.3 Å². The highest BCUT2D eigenvalue weighted by Gasteiger charge is 2.23. The normalized spacial score (nSPS) is 12.4. The molecule has 6 rings (SSSR count). The van der Waals surface area contributed by atoms with Crippen LogP contribution in [0.3, 0.4) is 0 Å². The van der Waals surface area contributed by atoms with Crippen LogP contribution in [0.15, 0.2) is 115 Å². The Morgan fingerprint density at radius 1 is 0.436 bits per heavy atom. The Morgan fingerprint density at radius 3 is 1.23 bits per heavy atom. The molecule has 0 N–H and O–H groups in total. The second-order valence-corrected chi connectivity index (χ2v) is 12.7. The number of para-hydroxylation sites is 1. The molecule has 39 heavy (non-hydrogen) atoms. The quantitative estimate of drug-likeness (QED) is 0.224. The van der Waals surface area contributed by atoms with Crippen LogP contribution in [0.25, 0.3) is 49.7 Å². The molecule has 0 saturated heterocycles. The highest BCUT2D eigenvalue weighted by Crippen LogP contribution is 2.43. The molecule has 0 aliphatic rings. The summed E-state index contributed by atoms with van der Waals surface area (Å²) < 4.78 is 2.51. The number of nitrogens with zero attached hydrogens (tertiary/aromatic N) is 1. The van der Waals surface area contributed by atoms with E-state index in [4.69, 9.17) is 0 Å². The van der Waals surface area contributed by atoms with Gasteiger partial charge in [0, 0.05) is 21.9 Å². The van der Waals surface area contributed by atoms with Gasteiger partial charge in [0.2, 0.25) is 0 Å². The van der Waals surface area contributed by atoms with Gasteiger partial charge in [0.15, 0.2) is 0 Å². The molecular weight excluding hydrogens is 470 g/mol. The highest BCUT2D eigenvalue weighted by atomic mass is 15.0. The summed E-state index contributed by atoms with van der Waals surface area (Å²) in [6.07, 6.45) is 0. The maximum atomic E-state index is 2.51. The van der Waals surface area contributed by atoms with Crippen molar-refractivity contribution in [1.29, 1.82) is 0 Å². The zero-order chi connectivity index (χ0) is 27.4. The van der Waals surface area contributed by atoms with Gasteiger partial charge in [0.1, 0.15) is 0 Å². The van der Waals surface area contributed by atoms with Crippen LogP contribution >= 0.6 is 0 Å². The molecule has 5 aromatic carbocycles. The SMILES string of the molecule is CC(C)(C)c1ccc2c(c1)c1cc(C(C)(C)C)ccc1n2-c1c(-c2ccccc2)cccc1-c1ccccc1. The molecule has 194 valence electrons. The number of fused-ring (bicyclic) bond motifs is 3. The van der Waals surface area contributed by atoms with Crippen molar-refractivity contribution in [2.45, 2.75) is 52.4 Å². The number of benzene rings is 5. The topological polar surface area (TPSA) is 4.93 Å². The average Bonchev–Trinajstić information content (AvgIpc) is 3.25. The molecule has 0 unspecified atom stereocenters. The van der Waals surface area contributed by atoms with Gasteiger partial charge in [-0.2, -0.15) is 0 Å². The van der Waals surface area contributed by atoms with E-state index in [1.54, 1.807) is 0 Å². The summed E-state index contributed by atoms with van der Waals surface area (Å²) in [6, 6.07) is 42.5. The number of rotatable bonds is 3. The van der Waals surface area contributed by atoms with Crippen LogP contribution in [-0.2, 0) is 10.8 Å². The van der Waals surface area contributed by atoms with Gasteiger partial charge in [-0.25, -0.2) is 0 Å². The molecule has 0 bridgehead atoms. The van der Waals surface area contributed by atoms with Crippen LogP contribution in [-0.4, -0.2) is 4.57 Å². The molecule has 1 nitrogen and oxygen atoms in total. The molecule has 0 saturated carbocycles. The van der Waals surface area contributed by atoms with Crippen molar-refractivity contribution in [2.75, 3.05) is 0 Å². The molecule has 1 heterocycles. The zero-order valence-corrected chi connectivity index (χ0v) is 23.9.